The number of hydrogen-bond donors (Lipinski definition) is 1. The fourth-order valence-electron chi connectivity index (χ4n) is 1.66. The lowest BCUT2D eigenvalue weighted by Gasteiger charge is -2.13. The maximum atomic E-state index is 9.71. The Labute approximate surface area is 85.8 Å². The second kappa shape index (κ2) is 4.72. The van der Waals surface area contributed by atoms with Crippen LogP contribution >= 0.6 is 0 Å². The average molecular weight is 188 g/mol. The first-order chi connectivity index (χ1) is 6.66. The third-order valence-electron chi connectivity index (χ3n) is 2.38. The van der Waals surface area contributed by atoms with E-state index in [9.17, 15) is 5.11 Å². The number of benzene rings is 1. The van der Waals surface area contributed by atoms with Gasteiger partial charge in [-0.1, -0.05) is 19.1 Å². The molecular weight excluding hydrogens is 172 g/mol. The summed E-state index contributed by atoms with van der Waals surface area (Å²) in [5.74, 6) is 6.60. The van der Waals surface area contributed by atoms with Crippen LogP contribution in [0.2, 0.25) is 0 Å². The molecule has 0 saturated carbocycles. The van der Waals surface area contributed by atoms with E-state index in [2.05, 4.69) is 18.8 Å². The van der Waals surface area contributed by atoms with E-state index in [4.69, 9.17) is 0 Å². The van der Waals surface area contributed by atoms with Gasteiger partial charge in [-0.15, -0.1) is 11.8 Å². The lowest BCUT2D eigenvalue weighted by Crippen LogP contribution is -1.96. The summed E-state index contributed by atoms with van der Waals surface area (Å²) in [6.45, 7) is 5.95. The van der Waals surface area contributed by atoms with E-state index >= 15 is 0 Å². The molecule has 1 aromatic carbocycles. The van der Waals surface area contributed by atoms with Gasteiger partial charge in [0.05, 0.1) is 0 Å². The maximum absolute atomic E-state index is 9.71. The van der Waals surface area contributed by atoms with Crippen LogP contribution in [0.5, 0.6) is 5.75 Å². The third kappa shape index (κ3) is 2.29. The highest BCUT2D eigenvalue weighted by molar-refractivity contribution is 5.41. The van der Waals surface area contributed by atoms with Crippen LogP contribution in [-0.4, -0.2) is 5.11 Å². The SMILES string of the molecule is CC#CCC(C)c1c(C)cccc1O. The fourth-order valence-corrected chi connectivity index (χ4v) is 1.66. The Morgan fingerprint density at radius 1 is 1.43 bits per heavy atom. The summed E-state index contributed by atoms with van der Waals surface area (Å²) >= 11 is 0. The number of hydrogen-bond acceptors (Lipinski definition) is 1. The molecule has 0 bridgehead atoms. The van der Waals surface area contributed by atoms with Gasteiger partial charge in [-0.05, 0) is 31.4 Å². The Kier molecular flexibility index (Phi) is 3.59. The first kappa shape index (κ1) is 10.7. The summed E-state index contributed by atoms with van der Waals surface area (Å²) < 4.78 is 0. The van der Waals surface area contributed by atoms with E-state index < -0.39 is 0 Å². The molecule has 0 saturated heterocycles. The van der Waals surface area contributed by atoms with Crippen LogP contribution in [0.4, 0.5) is 0 Å². The molecule has 0 aliphatic heterocycles. The van der Waals surface area contributed by atoms with Crippen molar-refractivity contribution in [3.05, 3.63) is 29.3 Å². The monoisotopic (exact) mass is 188 g/mol. The number of aryl methyl sites for hydroxylation is 1. The first-order valence-corrected chi connectivity index (χ1v) is 4.85. The van der Waals surface area contributed by atoms with Gasteiger partial charge in [-0.3, -0.25) is 0 Å². The highest BCUT2D eigenvalue weighted by Crippen LogP contribution is 2.30. The molecule has 0 fully saturated rings. The van der Waals surface area contributed by atoms with Gasteiger partial charge in [-0.2, -0.15) is 0 Å². The molecule has 1 unspecified atom stereocenters. The van der Waals surface area contributed by atoms with Gasteiger partial charge in [0.1, 0.15) is 5.75 Å². The van der Waals surface area contributed by atoms with Crippen LogP contribution in [0.15, 0.2) is 18.2 Å². The lowest BCUT2D eigenvalue weighted by molar-refractivity contribution is 0.462. The van der Waals surface area contributed by atoms with Crippen molar-refractivity contribution >= 4 is 0 Å². The summed E-state index contributed by atoms with van der Waals surface area (Å²) in [6.07, 6.45) is 0.801. The van der Waals surface area contributed by atoms with Crippen LogP contribution in [0.3, 0.4) is 0 Å². The van der Waals surface area contributed by atoms with E-state index in [-0.39, 0.29) is 0 Å². The van der Waals surface area contributed by atoms with E-state index in [1.54, 1.807) is 6.07 Å². The van der Waals surface area contributed by atoms with Gasteiger partial charge in [-0.25, -0.2) is 0 Å². The number of rotatable bonds is 2. The molecule has 1 nitrogen and oxygen atoms in total. The second-order valence-electron chi connectivity index (χ2n) is 3.54. The van der Waals surface area contributed by atoms with E-state index in [0.717, 1.165) is 17.5 Å². The summed E-state index contributed by atoms with van der Waals surface area (Å²) in [6, 6.07) is 5.62. The molecule has 74 valence electrons. The smallest absolute Gasteiger partial charge is 0.119 e. The highest BCUT2D eigenvalue weighted by Gasteiger charge is 2.11. The van der Waals surface area contributed by atoms with Gasteiger partial charge in [0.15, 0.2) is 0 Å². The zero-order chi connectivity index (χ0) is 10.6. The maximum Gasteiger partial charge on any atom is 0.119 e. The van der Waals surface area contributed by atoms with Crippen LogP contribution in [0.1, 0.15) is 37.3 Å². The Bertz CT molecular complexity index is 348. The number of phenolic OH excluding ortho intramolecular Hbond substituents is 1. The summed E-state index contributed by atoms with van der Waals surface area (Å²) in [4.78, 5) is 0. The van der Waals surface area contributed by atoms with Crippen LogP contribution in [0.25, 0.3) is 0 Å². The standard InChI is InChI=1S/C13H16O/c1-4-5-7-10(2)13-11(3)8-6-9-12(13)14/h6,8-10,14H,7H2,1-3H3. The summed E-state index contributed by atoms with van der Waals surface area (Å²) in [5, 5.41) is 9.71. The normalized spacial score (nSPS) is 11.6. The van der Waals surface area contributed by atoms with Crippen molar-refractivity contribution in [3.8, 4) is 17.6 Å². The van der Waals surface area contributed by atoms with Crippen LogP contribution in [-0.2, 0) is 0 Å². The molecule has 1 aromatic rings. The minimum absolute atomic E-state index is 0.295. The molecular formula is C13H16O. The molecule has 0 spiro atoms. The van der Waals surface area contributed by atoms with Crippen molar-refractivity contribution in [2.45, 2.75) is 33.1 Å². The highest BCUT2D eigenvalue weighted by atomic mass is 16.3. The quantitative estimate of drug-likeness (QED) is 0.706. The Balaban J connectivity index is 2.97. The minimum atomic E-state index is 0.295. The predicted molar refractivity (Wildman–Crippen MR) is 59.3 cm³/mol. The zero-order valence-electron chi connectivity index (χ0n) is 8.96. The van der Waals surface area contributed by atoms with Crippen molar-refractivity contribution in [2.24, 2.45) is 0 Å². The molecule has 1 heteroatoms. The van der Waals surface area contributed by atoms with E-state index in [1.807, 2.05) is 26.0 Å². The molecule has 0 aliphatic rings. The van der Waals surface area contributed by atoms with Crippen molar-refractivity contribution in [1.29, 1.82) is 0 Å². The average Bonchev–Trinajstić information content (AvgIpc) is 2.14. The molecule has 1 N–H and O–H groups in total. The largest absolute Gasteiger partial charge is 0.508 e. The molecule has 0 heterocycles. The van der Waals surface area contributed by atoms with Crippen molar-refractivity contribution in [1.82, 2.24) is 0 Å². The van der Waals surface area contributed by atoms with E-state index in [0.29, 0.717) is 11.7 Å². The molecule has 0 amide bonds. The Morgan fingerprint density at radius 3 is 2.71 bits per heavy atom. The molecule has 14 heavy (non-hydrogen) atoms. The van der Waals surface area contributed by atoms with E-state index in [1.165, 1.54) is 0 Å². The van der Waals surface area contributed by atoms with Gasteiger partial charge in [0.25, 0.3) is 0 Å². The zero-order valence-corrected chi connectivity index (χ0v) is 8.96. The minimum Gasteiger partial charge on any atom is -0.508 e. The second-order valence-corrected chi connectivity index (χ2v) is 3.54. The number of phenols is 1. The molecule has 1 rings (SSSR count). The first-order valence-electron chi connectivity index (χ1n) is 4.85. The van der Waals surface area contributed by atoms with Gasteiger partial charge < -0.3 is 5.11 Å². The Morgan fingerprint density at radius 2 is 2.14 bits per heavy atom. The van der Waals surface area contributed by atoms with Gasteiger partial charge in [0.2, 0.25) is 0 Å². The fraction of sp³-hybridized carbons (Fsp3) is 0.385. The van der Waals surface area contributed by atoms with Crippen LogP contribution in [0, 0.1) is 18.8 Å². The van der Waals surface area contributed by atoms with Gasteiger partial charge in [0, 0.05) is 12.0 Å². The lowest BCUT2D eigenvalue weighted by atomic mass is 9.93. The van der Waals surface area contributed by atoms with Crippen molar-refractivity contribution < 1.29 is 5.11 Å². The molecule has 0 aromatic heterocycles. The van der Waals surface area contributed by atoms with Crippen molar-refractivity contribution in [3.63, 3.8) is 0 Å². The Hall–Kier alpha value is -1.42. The van der Waals surface area contributed by atoms with Gasteiger partial charge >= 0.3 is 0 Å². The van der Waals surface area contributed by atoms with Crippen LogP contribution < -0.4 is 0 Å². The molecule has 0 aliphatic carbocycles. The molecule has 0 radical (unpaired) electrons. The molecule has 1 atom stereocenters. The van der Waals surface area contributed by atoms with Crippen molar-refractivity contribution in [2.75, 3.05) is 0 Å². The number of aromatic hydroxyl groups is 1. The third-order valence-corrected chi connectivity index (χ3v) is 2.38. The predicted octanol–water partition coefficient (Wildman–Crippen LogP) is 3.22. The topological polar surface area (TPSA) is 20.2 Å². The summed E-state index contributed by atoms with van der Waals surface area (Å²) in [5.41, 5.74) is 2.16. The summed E-state index contributed by atoms with van der Waals surface area (Å²) in [7, 11) is 0.